The minimum absolute atomic E-state index is 0.0987. The first-order valence-electron chi connectivity index (χ1n) is 4.63. The van der Waals surface area contributed by atoms with Crippen molar-refractivity contribution in [3.63, 3.8) is 0 Å². The Bertz CT molecular complexity index is 420. The van der Waals surface area contributed by atoms with Crippen LogP contribution in [0.25, 0.3) is 0 Å². The van der Waals surface area contributed by atoms with E-state index in [1.807, 2.05) is 0 Å². The second-order valence-corrected chi connectivity index (χ2v) is 3.14. The van der Waals surface area contributed by atoms with Crippen LogP contribution in [0.1, 0.15) is 22.7 Å². The van der Waals surface area contributed by atoms with Crippen molar-refractivity contribution in [1.82, 2.24) is 0 Å². The Kier molecular flexibility index (Phi) is 4.41. The first kappa shape index (κ1) is 12.9. The number of carbonyl (C=O) groups excluding carboxylic acids is 2. The number of carboxylic acids is 1. The zero-order valence-electron chi connectivity index (χ0n) is 8.66. The third kappa shape index (κ3) is 4.07. The summed E-state index contributed by atoms with van der Waals surface area (Å²) in [5, 5.41) is 17.2. The standard InChI is InChI=1S/C10H10O7/c11-4-6-1-2-7(17-6)5-16-9(13)3-8(12)10(14)15/h1-2,4,8,12H,3,5H2,(H,14,15)/t8-/m0/s1. The normalized spacial score (nSPS) is 11.8. The molecule has 0 aliphatic rings. The molecule has 0 radical (unpaired) electrons. The molecule has 0 bridgehead atoms. The van der Waals surface area contributed by atoms with E-state index in [0.717, 1.165) is 0 Å². The molecule has 1 rings (SSSR count). The molecule has 0 aromatic carbocycles. The second kappa shape index (κ2) is 5.80. The SMILES string of the molecule is O=Cc1ccc(COC(=O)C[C@H](O)C(=O)O)o1. The van der Waals surface area contributed by atoms with Gasteiger partial charge in [0.25, 0.3) is 0 Å². The van der Waals surface area contributed by atoms with Gasteiger partial charge in [0, 0.05) is 0 Å². The Morgan fingerprint density at radius 3 is 2.71 bits per heavy atom. The Morgan fingerprint density at radius 1 is 1.47 bits per heavy atom. The monoisotopic (exact) mass is 242 g/mol. The van der Waals surface area contributed by atoms with Gasteiger partial charge in [-0.05, 0) is 12.1 Å². The largest absolute Gasteiger partial charge is 0.479 e. The highest BCUT2D eigenvalue weighted by Gasteiger charge is 2.19. The Labute approximate surface area is 95.6 Å². The number of aliphatic hydroxyl groups excluding tert-OH is 1. The van der Waals surface area contributed by atoms with Crippen LogP contribution in [0.4, 0.5) is 0 Å². The van der Waals surface area contributed by atoms with Crippen LogP contribution >= 0.6 is 0 Å². The van der Waals surface area contributed by atoms with Crippen LogP contribution in [0.2, 0.25) is 0 Å². The van der Waals surface area contributed by atoms with Crippen LogP contribution in [0.5, 0.6) is 0 Å². The number of ether oxygens (including phenoxy) is 1. The molecule has 0 aliphatic carbocycles. The summed E-state index contributed by atoms with van der Waals surface area (Å²) < 4.78 is 9.55. The molecule has 0 saturated heterocycles. The second-order valence-electron chi connectivity index (χ2n) is 3.14. The lowest BCUT2D eigenvalue weighted by atomic mass is 10.2. The van der Waals surface area contributed by atoms with E-state index in [1.54, 1.807) is 0 Å². The van der Waals surface area contributed by atoms with Gasteiger partial charge in [0.2, 0.25) is 0 Å². The van der Waals surface area contributed by atoms with Crippen LogP contribution in [-0.4, -0.2) is 34.5 Å². The third-order valence-corrected chi connectivity index (χ3v) is 1.82. The number of aldehydes is 1. The van der Waals surface area contributed by atoms with E-state index in [1.165, 1.54) is 12.1 Å². The topological polar surface area (TPSA) is 114 Å². The summed E-state index contributed by atoms with van der Waals surface area (Å²) in [6, 6.07) is 2.85. The summed E-state index contributed by atoms with van der Waals surface area (Å²) in [6.07, 6.45) is -1.93. The fraction of sp³-hybridized carbons (Fsp3) is 0.300. The molecular weight excluding hydrogens is 232 g/mol. The quantitative estimate of drug-likeness (QED) is 0.531. The van der Waals surface area contributed by atoms with Crippen LogP contribution in [-0.2, 0) is 20.9 Å². The smallest absolute Gasteiger partial charge is 0.333 e. The zero-order valence-corrected chi connectivity index (χ0v) is 8.66. The number of hydrogen-bond acceptors (Lipinski definition) is 6. The molecule has 0 unspecified atom stereocenters. The molecule has 2 N–H and O–H groups in total. The first-order valence-corrected chi connectivity index (χ1v) is 4.63. The molecule has 7 nitrogen and oxygen atoms in total. The number of aliphatic hydroxyl groups is 1. The highest BCUT2D eigenvalue weighted by atomic mass is 16.5. The molecule has 0 saturated carbocycles. The van der Waals surface area contributed by atoms with E-state index in [2.05, 4.69) is 4.74 Å². The molecular formula is C10H10O7. The minimum atomic E-state index is -1.79. The van der Waals surface area contributed by atoms with E-state index in [-0.39, 0.29) is 18.1 Å². The summed E-state index contributed by atoms with van der Waals surface area (Å²) in [4.78, 5) is 31.6. The third-order valence-electron chi connectivity index (χ3n) is 1.82. The van der Waals surface area contributed by atoms with Crippen molar-refractivity contribution in [2.24, 2.45) is 0 Å². The molecule has 92 valence electrons. The van der Waals surface area contributed by atoms with Gasteiger partial charge < -0.3 is 19.4 Å². The molecule has 0 amide bonds. The van der Waals surface area contributed by atoms with Gasteiger partial charge in [-0.15, -0.1) is 0 Å². The number of rotatable bonds is 6. The summed E-state index contributed by atoms with van der Waals surface area (Å²) in [5.41, 5.74) is 0. The molecule has 1 atom stereocenters. The highest BCUT2D eigenvalue weighted by molar-refractivity contribution is 5.80. The van der Waals surface area contributed by atoms with Gasteiger partial charge in [0.15, 0.2) is 18.2 Å². The maximum Gasteiger partial charge on any atom is 0.333 e. The predicted molar refractivity (Wildman–Crippen MR) is 52.2 cm³/mol. The van der Waals surface area contributed by atoms with Crippen molar-refractivity contribution in [3.05, 3.63) is 23.7 Å². The van der Waals surface area contributed by atoms with E-state index in [4.69, 9.17) is 14.6 Å². The lowest BCUT2D eigenvalue weighted by Crippen LogP contribution is -2.24. The molecule has 1 aromatic heterocycles. The van der Waals surface area contributed by atoms with Crippen LogP contribution in [0.15, 0.2) is 16.5 Å². The molecule has 7 heteroatoms. The number of aliphatic carboxylic acids is 1. The fourth-order valence-corrected chi connectivity index (χ4v) is 0.991. The van der Waals surface area contributed by atoms with E-state index >= 15 is 0 Å². The molecule has 17 heavy (non-hydrogen) atoms. The molecule has 0 fully saturated rings. The number of carboxylic acid groups (broad SMARTS) is 1. The lowest BCUT2D eigenvalue weighted by Gasteiger charge is -2.05. The summed E-state index contributed by atoms with van der Waals surface area (Å²) in [5.74, 6) is -2.01. The van der Waals surface area contributed by atoms with Crippen molar-refractivity contribution in [2.45, 2.75) is 19.1 Å². The molecule has 0 spiro atoms. The average molecular weight is 242 g/mol. The van der Waals surface area contributed by atoms with Gasteiger partial charge >= 0.3 is 11.9 Å². The van der Waals surface area contributed by atoms with Gasteiger partial charge in [-0.1, -0.05) is 0 Å². The maximum atomic E-state index is 11.1. The van der Waals surface area contributed by atoms with Crippen LogP contribution < -0.4 is 0 Å². The molecule has 0 aliphatic heterocycles. The van der Waals surface area contributed by atoms with Gasteiger partial charge in [-0.3, -0.25) is 9.59 Å². The van der Waals surface area contributed by atoms with Crippen molar-refractivity contribution >= 4 is 18.2 Å². The Morgan fingerprint density at radius 2 is 2.18 bits per heavy atom. The van der Waals surface area contributed by atoms with E-state index < -0.39 is 24.5 Å². The van der Waals surface area contributed by atoms with Gasteiger partial charge in [-0.25, -0.2) is 4.79 Å². The van der Waals surface area contributed by atoms with Gasteiger partial charge in [-0.2, -0.15) is 0 Å². The van der Waals surface area contributed by atoms with Crippen molar-refractivity contribution in [2.75, 3.05) is 0 Å². The van der Waals surface area contributed by atoms with Crippen LogP contribution in [0.3, 0.4) is 0 Å². The van der Waals surface area contributed by atoms with Crippen molar-refractivity contribution < 1.29 is 33.8 Å². The van der Waals surface area contributed by atoms with Crippen LogP contribution in [0, 0.1) is 0 Å². The van der Waals surface area contributed by atoms with Gasteiger partial charge in [0.1, 0.15) is 12.4 Å². The van der Waals surface area contributed by atoms with E-state index in [9.17, 15) is 14.4 Å². The number of esters is 1. The minimum Gasteiger partial charge on any atom is -0.479 e. The fourth-order valence-electron chi connectivity index (χ4n) is 0.991. The Hall–Kier alpha value is -2.15. The lowest BCUT2D eigenvalue weighted by molar-refractivity contribution is -0.156. The average Bonchev–Trinajstić information content (AvgIpc) is 2.74. The van der Waals surface area contributed by atoms with Gasteiger partial charge in [0.05, 0.1) is 6.42 Å². The molecule has 1 heterocycles. The highest BCUT2D eigenvalue weighted by Crippen LogP contribution is 2.08. The predicted octanol–water partition coefficient (Wildman–Crippen LogP) is -0.0291. The summed E-state index contributed by atoms with van der Waals surface area (Å²) >= 11 is 0. The molecule has 1 aromatic rings. The Balaban J connectivity index is 2.37. The van der Waals surface area contributed by atoms with Crippen molar-refractivity contribution in [1.29, 1.82) is 0 Å². The number of furan rings is 1. The number of carbonyl (C=O) groups is 3. The zero-order chi connectivity index (χ0) is 12.8. The summed E-state index contributed by atoms with van der Waals surface area (Å²) in [7, 11) is 0. The maximum absolute atomic E-state index is 11.1. The first-order chi connectivity index (χ1) is 8.02. The van der Waals surface area contributed by atoms with E-state index in [0.29, 0.717) is 6.29 Å². The summed E-state index contributed by atoms with van der Waals surface area (Å²) in [6.45, 7) is -0.223. The number of hydrogen-bond donors (Lipinski definition) is 2. The van der Waals surface area contributed by atoms with Crippen molar-refractivity contribution in [3.8, 4) is 0 Å².